The number of hydrogen-bond acceptors (Lipinski definition) is 4. The van der Waals surface area contributed by atoms with Crippen molar-refractivity contribution in [2.24, 2.45) is 0 Å². The Bertz CT molecular complexity index is 406. The van der Waals surface area contributed by atoms with Crippen LogP contribution in [0.1, 0.15) is 22.7 Å². The predicted molar refractivity (Wildman–Crippen MR) is 68.3 cm³/mol. The van der Waals surface area contributed by atoms with Crippen LogP contribution in [0.3, 0.4) is 0 Å². The number of nitrogen functional groups attached to an aromatic ring is 1. The van der Waals surface area contributed by atoms with Gasteiger partial charge in [-0.2, -0.15) is 0 Å². The van der Waals surface area contributed by atoms with Crippen molar-refractivity contribution in [3.8, 4) is 0 Å². The Morgan fingerprint density at radius 1 is 1.33 bits per heavy atom. The molecule has 4 heteroatoms. The third kappa shape index (κ3) is 2.59. The molecule has 2 nitrogen and oxygen atoms in total. The Balaban J connectivity index is 1.91. The summed E-state index contributed by atoms with van der Waals surface area (Å²) < 4.78 is 0. The lowest BCUT2D eigenvalue weighted by Gasteiger charge is -2.11. The monoisotopic (exact) mass is 238 g/mol. The van der Waals surface area contributed by atoms with Gasteiger partial charge in [0.05, 0.1) is 0 Å². The van der Waals surface area contributed by atoms with Crippen LogP contribution in [0.5, 0.6) is 0 Å². The maximum atomic E-state index is 5.82. The fourth-order valence-corrected chi connectivity index (χ4v) is 2.89. The van der Waals surface area contributed by atoms with Gasteiger partial charge in [-0.1, -0.05) is 6.07 Å². The third-order valence-corrected chi connectivity index (χ3v) is 4.31. The maximum Gasteiger partial charge on any atom is 0.0468 e. The zero-order valence-corrected chi connectivity index (χ0v) is 10.2. The molecule has 0 aromatic carbocycles. The van der Waals surface area contributed by atoms with E-state index >= 15 is 0 Å². The van der Waals surface area contributed by atoms with Crippen molar-refractivity contribution < 1.29 is 0 Å². The van der Waals surface area contributed by atoms with Gasteiger partial charge in [-0.05, 0) is 29.8 Å². The normalized spacial score (nSPS) is 12.9. The van der Waals surface area contributed by atoms with E-state index < -0.39 is 0 Å². The first-order chi connectivity index (χ1) is 7.27. The highest BCUT2D eigenvalue weighted by molar-refractivity contribution is 7.10. The van der Waals surface area contributed by atoms with E-state index in [4.69, 9.17) is 5.73 Å². The number of rotatable bonds is 4. The van der Waals surface area contributed by atoms with Crippen LogP contribution in [0.25, 0.3) is 0 Å². The summed E-state index contributed by atoms with van der Waals surface area (Å²) in [6.07, 6.45) is 0. The van der Waals surface area contributed by atoms with E-state index in [1.807, 2.05) is 11.4 Å². The molecule has 0 unspecified atom stereocenters. The summed E-state index contributed by atoms with van der Waals surface area (Å²) >= 11 is 3.49. The molecule has 0 bridgehead atoms. The second kappa shape index (κ2) is 4.79. The van der Waals surface area contributed by atoms with Crippen LogP contribution >= 0.6 is 22.7 Å². The third-order valence-electron chi connectivity index (χ3n) is 2.32. The van der Waals surface area contributed by atoms with Gasteiger partial charge in [0.1, 0.15) is 0 Å². The van der Waals surface area contributed by atoms with Gasteiger partial charge < -0.3 is 11.1 Å². The Morgan fingerprint density at radius 2 is 2.20 bits per heavy atom. The van der Waals surface area contributed by atoms with E-state index in [-0.39, 0.29) is 0 Å². The van der Waals surface area contributed by atoms with Crippen LogP contribution in [-0.2, 0) is 6.54 Å². The van der Waals surface area contributed by atoms with Crippen molar-refractivity contribution in [3.63, 3.8) is 0 Å². The van der Waals surface area contributed by atoms with E-state index in [0.717, 1.165) is 12.2 Å². The summed E-state index contributed by atoms with van der Waals surface area (Å²) in [7, 11) is 0. The van der Waals surface area contributed by atoms with Gasteiger partial charge >= 0.3 is 0 Å². The van der Waals surface area contributed by atoms with Crippen molar-refractivity contribution in [1.82, 2.24) is 5.32 Å². The topological polar surface area (TPSA) is 38.0 Å². The highest BCUT2D eigenvalue weighted by Crippen LogP contribution is 2.22. The van der Waals surface area contributed by atoms with Crippen LogP contribution in [0.4, 0.5) is 5.69 Å². The van der Waals surface area contributed by atoms with Gasteiger partial charge in [-0.3, -0.25) is 0 Å². The van der Waals surface area contributed by atoms with Crippen LogP contribution in [0, 0.1) is 0 Å². The average Bonchev–Trinajstić information content (AvgIpc) is 2.85. The predicted octanol–water partition coefficient (Wildman–Crippen LogP) is 3.24. The van der Waals surface area contributed by atoms with Gasteiger partial charge in [-0.15, -0.1) is 22.7 Å². The molecular formula is C11H14N2S2. The molecule has 0 aliphatic carbocycles. The second-order valence-electron chi connectivity index (χ2n) is 3.42. The fraction of sp³-hybridized carbons (Fsp3) is 0.273. The van der Waals surface area contributed by atoms with E-state index in [1.165, 1.54) is 9.75 Å². The molecule has 2 aromatic heterocycles. The second-order valence-corrected chi connectivity index (χ2v) is 5.40. The van der Waals surface area contributed by atoms with E-state index in [2.05, 4.69) is 29.8 Å². The molecule has 0 aliphatic heterocycles. The van der Waals surface area contributed by atoms with Gasteiger partial charge in [0.2, 0.25) is 0 Å². The molecule has 0 amide bonds. The van der Waals surface area contributed by atoms with E-state index in [1.54, 1.807) is 22.7 Å². The van der Waals surface area contributed by atoms with E-state index in [0.29, 0.717) is 6.04 Å². The van der Waals surface area contributed by atoms with Gasteiger partial charge in [0.25, 0.3) is 0 Å². The molecule has 0 aliphatic rings. The molecule has 2 aromatic rings. The number of hydrogen-bond donors (Lipinski definition) is 2. The Morgan fingerprint density at radius 3 is 2.80 bits per heavy atom. The fourth-order valence-electron chi connectivity index (χ4n) is 1.38. The molecule has 0 spiro atoms. The van der Waals surface area contributed by atoms with E-state index in [9.17, 15) is 0 Å². The first-order valence-electron chi connectivity index (χ1n) is 4.86. The summed E-state index contributed by atoms with van der Waals surface area (Å²) in [5, 5.41) is 7.60. The zero-order chi connectivity index (χ0) is 10.7. The van der Waals surface area contributed by atoms with Crippen molar-refractivity contribution >= 4 is 28.4 Å². The standard InChI is InChI=1S/C11H14N2S2/c1-8(10-3-2-5-14-10)13-7-11-9(12)4-6-15-11/h2-6,8,13H,7,12H2,1H3/t8-/m0/s1. The summed E-state index contributed by atoms with van der Waals surface area (Å²) in [6, 6.07) is 6.58. The molecule has 0 saturated carbocycles. The molecule has 2 rings (SSSR count). The summed E-state index contributed by atoms with van der Waals surface area (Å²) in [5.74, 6) is 0. The van der Waals surface area contributed by atoms with Crippen LogP contribution in [0.2, 0.25) is 0 Å². The quantitative estimate of drug-likeness (QED) is 0.858. The minimum atomic E-state index is 0.395. The molecule has 0 fully saturated rings. The SMILES string of the molecule is C[C@H](NCc1sccc1N)c1cccs1. The molecule has 0 saturated heterocycles. The zero-order valence-electron chi connectivity index (χ0n) is 8.57. The average molecular weight is 238 g/mol. The molecule has 2 heterocycles. The Hall–Kier alpha value is -0.840. The van der Waals surface area contributed by atoms with Crippen molar-refractivity contribution in [2.45, 2.75) is 19.5 Å². The minimum absolute atomic E-state index is 0.395. The highest BCUT2D eigenvalue weighted by atomic mass is 32.1. The summed E-state index contributed by atoms with van der Waals surface area (Å²) in [4.78, 5) is 2.59. The van der Waals surface area contributed by atoms with Crippen LogP contribution < -0.4 is 11.1 Å². The van der Waals surface area contributed by atoms with Crippen LogP contribution in [-0.4, -0.2) is 0 Å². The highest BCUT2D eigenvalue weighted by Gasteiger charge is 2.07. The molecule has 3 N–H and O–H groups in total. The smallest absolute Gasteiger partial charge is 0.0468 e. The van der Waals surface area contributed by atoms with Gasteiger partial charge in [-0.25, -0.2) is 0 Å². The number of nitrogens with two attached hydrogens (primary N) is 1. The molecule has 15 heavy (non-hydrogen) atoms. The number of nitrogens with one attached hydrogen (secondary N) is 1. The van der Waals surface area contributed by atoms with Gasteiger partial charge in [0.15, 0.2) is 0 Å². The largest absolute Gasteiger partial charge is 0.398 e. The van der Waals surface area contributed by atoms with Crippen molar-refractivity contribution in [3.05, 3.63) is 38.7 Å². The first-order valence-corrected chi connectivity index (χ1v) is 6.62. The first kappa shape index (κ1) is 10.7. The lowest BCUT2D eigenvalue weighted by Crippen LogP contribution is -2.16. The molecular weight excluding hydrogens is 224 g/mol. The Kier molecular flexibility index (Phi) is 3.41. The number of anilines is 1. The van der Waals surface area contributed by atoms with Gasteiger partial charge in [0, 0.05) is 28.0 Å². The van der Waals surface area contributed by atoms with Crippen molar-refractivity contribution in [2.75, 3.05) is 5.73 Å². The van der Waals surface area contributed by atoms with Crippen molar-refractivity contribution in [1.29, 1.82) is 0 Å². The Labute approximate surface area is 97.8 Å². The van der Waals surface area contributed by atoms with Crippen LogP contribution in [0.15, 0.2) is 29.0 Å². The molecule has 0 radical (unpaired) electrons. The lowest BCUT2D eigenvalue weighted by molar-refractivity contribution is 0.588. The summed E-state index contributed by atoms with van der Waals surface area (Å²) in [6.45, 7) is 3.03. The minimum Gasteiger partial charge on any atom is -0.398 e. The number of thiophene rings is 2. The maximum absolute atomic E-state index is 5.82. The molecule has 1 atom stereocenters. The summed E-state index contributed by atoms with van der Waals surface area (Å²) in [5.41, 5.74) is 6.71. The molecule has 80 valence electrons. The lowest BCUT2D eigenvalue weighted by atomic mass is 10.2.